The first-order chi connectivity index (χ1) is 12.7. The van der Waals surface area contributed by atoms with Crippen LogP contribution >= 0.6 is 0 Å². The third kappa shape index (κ3) is 6.58. The Morgan fingerprint density at radius 1 is 1.04 bits per heavy atom. The molecule has 0 saturated carbocycles. The van der Waals surface area contributed by atoms with E-state index in [0.29, 0.717) is 6.42 Å². The van der Waals surface area contributed by atoms with Gasteiger partial charge in [0.25, 0.3) is 0 Å². The molecule has 8 heteroatoms. The minimum Gasteiger partial charge on any atom is -0.451 e. The summed E-state index contributed by atoms with van der Waals surface area (Å²) in [6, 6.07) is 11.5. The second kappa shape index (κ2) is 8.88. The van der Waals surface area contributed by atoms with Gasteiger partial charge in [0.05, 0.1) is 11.8 Å². The highest BCUT2D eigenvalue weighted by Gasteiger charge is 2.20. The molecule has 1 N–H and O–H groups in total. The molecular formula is C19H20FNO5S. The van der Waals surface area contributed by atoms with E-state index in [4.69, 9.17) is 4.74 Å². The molecule has 2 rings (SSSR count). The first kappa shape index (κ1) is 20.7. The minimum atomic E-state index is -3.24. The lowest BCUT2D eigenvalue weighted by Crippen LogP contribution is -2.25. The number of Topliss-reactive ketones (excluding diaryl/α,β-unsaturated/α-hetero) is 1. The van der Waals surface area contributed by atoms with Crippen LogP contribution in [0.4, 0.5) is 4.39 Å². The van der Waals surface area contributed by atoms with Crippen LogP contribution in [0.15, 0.2) is 48.5 Å². The molecule has 0 aliphatic heterocycles. The van der Waals surface area contributed by atoms with Crippen molar-refractivity contribution in [3.8, 4) is 0 Å². The molecule has 0 bridgehead atoms. The lowest BCUT2D eigenvalue weighted by molar-refractivity contribution is 0.0319. The Morgan fingerprint density at radius 2 is 1.59 bits per heavy atom. The van der Waals surface area contributed by atoms with Gasteiger partial charge in [-0.25, -0.2) is 22.3 Å². The van der Waals surface area contributed by atoms with Gasteiger partial charge in [-0.15, -0.1) is 0 Å². The average Bonchev–Trinajstić information content (AvgIpc) is 2.61. The van der Waals surface area contributed by atoms with Gasteiger partial charge in [-0.3, -0.25) is 4.79 Å². The Morgan fingerprint density at radius 3 is 2.15 bits per heavy atom. The van der Waals surface area contributed by atoms with Crippen LogP contribution < -0.4 is 4.72 Å². The highest BCUT2D eigenvalue weighted by atomic mass is 32.2. The van der Waals surface area contributed by atoms with E-state index in [1.54, 1.807) is 24.3 Å². The number of ether oxygens (including phenoxy) is 1. The van der Waals surface area contributed by atoms with Crippen LogP contribution in [-0.4, -0.2) is 39.1 Å². The highest BCUT2D eigenvalue weighted by Crippen LogP contribution is 2.12. The number of hydrogen-bond donors (Lipinski definition) is 1. The van der Waals surface area contributed by atoms with E-state index in [1.165, 1.54) is 31.2 Å². The van der Waals surface area contributed by atoms with Crippen LogP contribution in [0.5, 0.6) is 0 Å². The molecule has 1 atom stereocenters. The standard InChI is InChI=1S/C19H20FNO5S/c1-13(18(22)15-7-9-17(20)10-8-15)26-19(23)16-5-3-14(4-6-16)11-12-21-27(2,24)25/h3-10,13,21H,11-12H2,1-2H3. The Kier molecular flexibility index (Phi) is 6.81. The van der Waals surface area contributed by atoms with Gasteiger partial charge in [0.2, 0.25) is 15.8 Å². The van der Waals surface area contributed by atoms with Crippen LogP contribution in [-0.2, 0) is 21.2 Å². The second-order valence-electron chi connectivity index (χ2n) is 6.03. The molecule has 1 unspecified atom stereocenters. The van der Waals surface area contributed by atoms with E-state index in [1.807, 2.05) is 0 Å². The Bertz CT molecular complexity index is 908. The van der Waals surface area contributed by atoms with Crippen molar-refractivity contribution in [3.05, 3.63) is 71.0 Å². The van der Waals surface area contributed by atoms with Gasteiger partial charge < -0.3 is 4.74 Å². The number of ketones is 1. The van der Waals surface area contributed by atoms with Crippen LogP contribution in [0.2, 0.25) is 0 Å². The topological polar surface area (TPSA) is 89.5 Å². The summed E-state index contributed by atoms with van der Waals surface area (Å²) in [5.41, 5.74) is 1.37. The maximum atomic E-state index is 12.9. The van der Waals surface area contributed by atoms with Crippen molar-refractivity contribution in [3.63, 3.8) is 0 Å². The molecule has 144 valence electrons. The Hall–Kier alpha value is -2.58. The molecule has 6 nitrogen and oxygen atoms in total. The van der Waals surface area contributed by atoms with Crippen LogP contribution in [0.3, 0.4) is 0 Å². The summed E-state index contributed by atoms with van der Waals surface area (Å²) in [5, 5.41) is 0. The zero-order chi connectivity index (χ0) is 20.0. The van der Waals surface area contributed by atoms with Crippen LogP contribution in [0, 0.1) is 5.82 Å². The number of sulfonamides is 1. The lowest BCUT2D eigenvalue weighted by atomic mass is 10.1. The molecule has 0 aliphatic carbocycles. The van der Waals surface area contributed by atoms with Gasteiger partial charge in [-0.1, -0.05) is 12.1 Å². The molecule has 0 heterocycles. The van der Waals surface area contributed by atoms with Crippen molar-refractivity contribution in [2.45, 2.75) is 19.4 Å². The Labute approximate surface area is 157 Å². The molecule has 0 aromatic heterocycles. The summed E-state index contributed by atoms with van der Waals surface area (Å²) >= 11 is 0. The zero-order valence-corrected chi connectivity index (χ0v) is 15.8. The predicted octanol–water partition coefficient (Wildman–Crippen LogP) is 2.35. The summed E-state index contributed by atoms with van der Waals surface area (Å²) in [6.45, 7) is 1.71. The van der Waals surface area contributed by atoms with Gasteiger partial charge in [-0.2, -0.15) is 0 Å². The summed E-state index contributed by atoms with van der Waals surface area (Å²) in [5.74, 6) is -1.53. The third-order valence-electron chi connectivity index (χ3n) is 3.75. The molecule has 0 aliphatic rings. The Balaban J connectivity index is 1.93. The fourth-order valence-corrected chi connectivity index (χ4v) is 2.79. The highest BCUT2D eigenvalue weighted by molar-refractivity contribution is 7.88. The first-order valence-corrected chi connectivity index (χ1v) is 10.1. The molecule has 2 aromatic carbocycles. The zero-order valence-electron chi connectivity index (χ0n) is 14.9. The average molecular weight is 393 g/mol. The molecule has 0 saturated heterocycles. The van der Waals surface area contributed by atoms with Crippen LogP contribution in [0.25, 0.3) is 0 Å². The molecule has 0 radical (unpaired) electrons. The summed E-state index contributed by atoms with van der Waals surface area (Å²) in [4.78, 5) is 24.4. The number of carbonyl (C=O) groups excluding carboxylic acids is 2. The summed E-state index contributed by atoms with van der Waals surface area (Å²) in [7, 11) is -3.24. The molecule has 2 aromatic rings. The van der Waals surface area contributed by atoms with Gasteiger partial charge in [0.1, 0.15) is 5.82 Å². The fraction of sp³-hybridized carbons (Fsp3) is 0.263. The van der Waals surface area contributed by atoms with E-state index in [9.17, 15) is 22.4 Å². The number of nitrogens with one attached hydrogen (secondary N) is 1. The second-order valence-corrected chi connectivity index (χ2v) is 7.87. The maximum absolute atomic E-state index is 12.9. The number of carbonyl (C=O) groups is 2. The van der Waals surface area contributed by atoms with E-state index < -0.39 is 33.7 Å². The van der Waals surface area contributed by atoms with Gasteiger partial charge >= 0.3 is 5.97 Å². The number of benzene rings is 2. The van der Waals surface area contributed by atoms with Gasteiger partial charge in [-0.05, 0) is 55.3 Å². The number of hydrogen-bond acceptors (Lipinski definition) is 5. The number of esters is 1. The molecule has 0 fully saturated rings. The molecular weight excluding hydrogens is 373 g/mol. The van der Waals surface area contributed by atoms with E-state index >= 15 is 0 Å². The fourth-order valence-electron chi connectivity index (χ4n) is 2.32. The largest absolute Gasteiger partial charge is 0.451 e. The van der Waals surface area contributed by atoms with E-state index in [-0.39, 0.29) is 17.7 Å². The van der Waals surface area contributed by atoms with Crippen molar-refractivity contribution < 1.29 is 27.1 Å². The third-order valence-corrected chi connectivity index (χ3v) is 4.48. The quantitative estimate of drug-likeness (QED) is 0.549. The smallest absolute Gasteiger partial charge is 0.338 e. The number of rotatable bonds is 8. The van der Waals surface area contributed by atoms with Crippen molar-refractivity contribution in [1.82, 2.24) is 4.72 Å². The first-order valence-electron chi connectivity index (χ1n) is 8.20. The SMILES string of the molecule is CC(OC(=O)c1ccc(CCNS(C)(=O)=O)cc1)C(=O)c1ccc(F)cc1. The van der Waals surface area contributed by atoms with Crippen molar-refractivity contribution in [2.75, 3.05) is 12.8 Å². The molecule has 27 heavy (non-hydrogen) atoms. The minimum absolute atomic E-state index is 0.255. The van der Waals surface area contributed by atoms with Crippen molar-refractivity contribution in [2.24, 2.45) is 0 Å². The van der Waals surface area contributed by atoms with Gasteiger partial charge in [0, 0.05) is 12.1 Å². The number of halogens is 1. The predicted molar refractivity (Wildman–Crippen MR) is 98.6 cm³/mol. The van der Waals surface area contributed by atoms with Crippen LogP contribution in [0.1, 0.15) is 33.2 Å². The molecule has 0 amide bonds. The van der Waals surface area contributed by atoms with Crippen molar-refractivity contribution >= 4 is 21.8 Å². The lowest BCUT2D eigenvalue weighted by Gasteiger charge is -2.12. The normalized spacial score (nSPS) is 12.4. The summed E-state index contributed by atoms with van der Waals surface area (Å²) < 4.78 is 42.5. The van der Waals surface area contributed by atoms with Gasteiger partial charge in [0.15, 0.2) is 6.10 Å². The summed E-state index contributed by atoms with van der Waals surface area (Å²) in [6.07, 6.45) is 0.545. The van der Waals surface area contributed by atoms with Crippen molar-refractivity contribution in [1.29, 1.82) is 0 Å². The molecule has 0 spiro atoms. The van der Waals surface area contributed by atoms with E-state index in [0.717, 1.165) is 11.8 Å². The van der Waals surface area contributed by atoms with E-state index in [2.05, 4.69) is 4.72 Å². The monoisotopic (exact) mass is 393 g/mol. The maximum Gasteiger partial charge on any atom is 0.338 e.